The summed E-state index contributed by atoms with van der Waals surface area (Å²) in [4.78, 5) is 11.1. The van der Waals surface area contributed by atoms with E-state index in [0.717, 1.165) is 5.69 Å². The number of benzene rings is 1. The molecule has 1 N–H and O–H groups in total. The third-order valence-corrected chi connectivity index (χ3v) is 2.33. The third-order valence-electron chi connectivity index (χ3n) is 2.33. The van der Waals surface area contributed by atoms with E-state index in [9.17, 15) is 4.79 Å². The number of rotatable bonds is 4. The molecule has 0 saturated carbocycles. The second-order valence-electron chi connectivity index (χ2n) is 3.41. The van der Waals surface area contributed by atoms with Crippen molar-refractivity contribution in [3.05, 3.63) is 29.3 Å². The molecule has 1 aromatic rings. The van der Waals surface area contributed by atoms with Crippen molar-refractivity contribution >= 4 is 11.7 Å². The number of nitrogens with one attached hydrogen (secondary N) is 1. The molecule has 0 radical (unpaired) electrons. The highest BCUT2D eigenvalue weighted by Gasteiger charge is 2.03. The summed E-state index contributed by atoms with van der Waals surface area (Å²) >= 11 is 0. The number of esters is 1. The minimum absolute atomic E-state index is 0.220. The van der Waals surface area contributed by atoms with Crippen LogP contribution in [0.25, 0.3) is 0 Å². The van der Waals surface area contributed by atoms with Crippen LogP contribution in [0.1, 0.15) is 18.1 Å². The van der Waals surface area contributed by atoms with Gasteiger partial charge in [-0.15, -0.1) is 0 Å². The molecule has 0 amide bonds. The summed E-state index contributed by atoms with van der Waals surface area (Å²) in [5.74, 6) is -0.224. The van der Waals surface area contributed by atoms with Gasteiger partial charge in [-0.2, -0.15) is 0 Å². The Hall–Kier alpha value is -1.51. The van der Waals surface area contributed by atoms with E-state index < -0.39 is 0 Å². The predicted molar refractivity (Wildman–Crippen MR) is 61.0 cm³/mol. The second-order valence-corrected chi connectivity index (χ2v) is 3.41. The standard InChI is InChI=1S/C12H17NO2/c1-4-15-12(14)8-13-11-7-5-6-9(2)10(11)3/h5-7,13H,4,8H2,1-3H3. The van der Waals surface area contributed by atoms with Gasteiger partial charge >= 0.3 is 5.97 Å². The number of hydrogen-bond donors (Lipinski definition) is 1. The molecule has 3 heteroatoms. The summed E-state index contributed by atoms with van der Waals surface area (Å²) in [5, 5.41) is 3.06. The van der Waals surface area contributed by atoms with E-state index >= 15 is 0 Å². The van der Waals surface area contributed by atoms with Gasteiger partial charge in [-0.05, 0) is 38.0 Å². The highest BCUT2D eigenvalue weighted by atomic mass is 16.5. The summed E-state index contributed by atoms with van der Waals surface area (Å²) in [6.07, 6.45) is 0. The molecule has 1 rings (SSSR count). The molecule has 0 aliphatic carbocycles. The molecular formula is C12H17NO2. The molecule has 0 aliphatic heterocycles. The molecule has 0 fully saturated rings. The van der Waals surface area contributed by atoms with Crippen molar-refractivity contribution in [1.82, 2.24) is 0 Å². The van der Waals surface area contributed by atoms with Crippen LogP contribution in [0.2, 0.25) is 0 Å². The van der Waals surface area contributed by atoms with Gasteiger partial charge in [0.1, 0.15) is 6.54 Å². The number of ether oxygens (including phenoxy) is 1. The molecule has 0 atom stereocenters. The normalized spacial score (nSPS) is 9.80. The van der Waals surface area contributed by atoms with Gasteiger partial charge in [0, 0.05) is 5.69 Å². The average molecular weight is 207 g/mol. The minimum Gasteiger partial charge on any atom is -0.465 e. The van der Waals surface area contributed by atoms with Gasteiger partial charge in [0.25, 0.3) is 0 Å². The molecule has 0 bridgehead atoms. The van der Waals surface area contributed by atoms with Crippen molar-refractivity contribution in [2.24, 2.45) is 0 Å². The molecule has 15 heavy (non-hydrogen) atoms. The summed E-state index contributed by atoms with van der Waals surface area (Å²) in [6, 6.07) is 5.97. The number of aryl methyl sites for hydroxylation is 1. The van der Waals surface area contributed by atoms with Crippen LogP contribution < -0.4 is 5.32 Å². The summed E-state index contributed by atoms with van der Waals surface area (Å²) in [7, 11) is 0. The third kappa shape index (κ3) is 3.27. The first-order chi connectivity index (χ1) is 7.15. The quantitative estimate of drug-likeness (QED) is 0.770. The number of anilines is 1. The monoisotopic (exact) mass is 207 g/mol. The Balaban J connectivity index is 2.58. The Kier molecular flexibility index (Phi) is 4.16. The lowest BCUT2D eigenvalue weighted by molar-refractivity contribution is -0.140. The van der Waals surface area contributed by atoms with Crippen LogP contribution in [0, 0.1) is 13.8 Å². The van der Waals surface area contributed by atoms with Crippen LogP contribution in [0.15, 0.2) is 18.2 Å². The lowest BCUT2D eigenvalue weighted by Crippen LogP contribution is -2.17. The molecule has 0 heterocycles. The van der Waals surface area contributed by atoms with E-state index in [1.165, 1.54) is 11.1 Å². The number of carbonyl (C=O) groups is 1. The van der Waals surface area contributed by atoms with Gasteiger partial charge < -0.3 is 10.1 Å². The molecule has 82 valence electrons. The number of hydrogen-bond acceptors (Lipinski definition) is 3. The van der Waals surface area contributed by atoms with Crippen molar-refractivity contribution in [1.29, 1.82) is 0 Å². The lowest BCUT2D eigenvalue weighted by Gasteiger charge is -2.10. The van der Waals surface area contributed by atoms with Crippen molar-refractivity contribution in [3.8, 4) is 0 Å². The smallest absolute Gasteiger partial charge is 0.325 e. The highest BCUT2D eigenvalue weighted by Crippen LogP contribution is 2.17. The van der Waals surface area contributed by atoms with Gasteiger partial charge in [-0.1, -0.05) is 12.1 Å². The van der Waals surface area contributed by atoms with Crippen molar-refractivity contribution in [2.75, 3.05) is 18.5 Å². The fourth-order valence-corrected chi connectivity index (χ4v) is 1.32. The molecular weight excluding hydrogens is 190 g/mol. The molecule has 0 aromatic heterocycles. The Labute approximate surface area is 90.4 Å². The van der Waals surface area contributed by atoms with E-state index in [0.29, 0.717) is 6.61 Å². The second kappa shape index (κ2) is 5.39. The molecule has 0 unspecified atom stereocenters. The Bertz CT molecular complexity index is 347. The average Bonchev–Trinajstić information content (AvgIpc) is 2.21. The summed E-state index contributed by atoms with van der Waals surface area (Å²) in [6.45, 7) is 6.52. The summed E-state index contributed by atoms with van der Waals surface area (Å²) < 4.78 is 4.83. The maximum Gasteiger partial charge on any atom is 0.325 e. The van der Waals surface area contributed by atoms with Crippen LogP contribution in [-0.4, -0.2) is 19.1 Å². The first-order valence-electron chi connectivity index (χ1n) is 5.11. The van der Waals surface area contributed by atoms with Gasteiger partial charge in [0.05, 0.1) is 6.61 Å². The SMILES string of the molecule is CCOC(=O)CNc1cccc(C)c1C. The maximum atomic E-state index is 11.1. The topological polar surface area (TPSA) is 38.3 Å². The first kappa shape index (κ1) is 11.6. The number of carbonyl (C=O) groups excluding carboxylic acids is 1. The van der Waals surface area contributed by atoms with Gasteiger partial charge in [-0.3, -0.25) is 4.79 Å². The molecule has 1 aromatic carbocycles. The van der Waals surface area contributed by atoms with E-state index in [1.54, 1.807) is 6.92 Å². The van der Waals surface area contributed by atoms with Crippen LogP contribution >= 0.6 is 0 Å². The summed E-state index contributed by atoms with van der Waals surface area (Å²) in [5.41, 5.74) is 3.37. The van der Waals surface area contributed by atoms with Gasteiger partial charge in [0.15, 0.2) is 0 Å². The van der Waals surface area contributed by atoms with Gasteiger partial charge in [0.2, 0.25) is 0 Å². The van der Waals surface area contributed by atoms with E-state index in [1.807, 2.05) is 32.0 Å². The first-order valence-corrected chi connectivity index (χ1v) is 5.11. The fraction of sp³-hybridized carbons (Fsp3) is 0.417. The molecule has 0 spiro atoms. The van der Waals surface area contributed by atoms with Crippen LogP contribution in [0.4, 0.5) is 5.69 Å². The molecule has 3 nitrogen and oxygen atoms in total. The highest BCUT2D eigenvalue weighted by molar-refractivity contribution is 5.75. The molecule has 0 saturated heterocycles. The van der Waals surface area contributed by atoms with E-state index in [-0.39, 0.29) is 12.5 Å². The van der Waals surface area contributed by atoms with Crippen LogP contribution in [-0.2, 0) is 9.53 Å². The zero-order chi connectivity index (χ0) is 11.3. The molecule has 0 aliphatic rings. The van der Waals surface area contributed by atoms with E-state index in [4.69, 9.17) is 4.74 Å². The predicted octanol–water partition coefficient (Wildman–Crippen LogP) is 2.28. The van der Waals surface area contributed by atoms with Crippen LogP contribution in [0.5, 0.6) is 0 Å². The Morgan fingerprint density at radius 3 is 2.80 bits per heavy atom. The van der Waals surface area contributed by atoms with Crippen molar-refractivity contribution < 1.29 is 9.53 Å². The lowest BCUT2D eigenvalue weighted by atomic mass is 10.1. The van der Waals surface area contributed by atoms with Gasteiger partial charge in [-0.25, -0.2) is 0 Å². The van der Waals surface area contributed by atoms with Crippen molar-refractivity contribution in [2.45, 2.75) is 20.8 Å². The fourth-order valence-electron chi connectivity index (χ4n) is 1.32. The minimum atomic E-state index is -0.224. The Morgan fingerprint density at radius 1 is 1.40 bits per heavy atom. The van der Waals surface area contributed by atoms with Crippen molar-refractivity contribution in [3.63, 3.8) is 0 Å². The maximum absolute atomic E-state index is 11.1. The Morgan fingerprint density at radius 2 is 2.13 bits per heavy atom. The van der Waals surface area contributed by atoms with Crippen LogP contribution in [0.3, 0.4) is 0 Å². The zero-order valence-electron chi connectivity index (χ0n) is 9.46. The largest absolute Gasteiger partial charge is 0.465 e. The van der Waals surface area contributed by atoms with E-state index in [2.05, 4.69) is 5.32 Å². The zero-order valence-corrected chi connectivity index (χ0v) is 9.46.